The Balaban J connectivity index is 1.47. The van der Waals surface area contributed by atoms with Crippen molar-refractivity contribution in [3.63, 3.8) is 0 Å². The van der Waals surface area contributed by atoms with Crippen molar-refractivity contribution < 1.29 is 9.21 Å². The highest BCUT2D eigenvalue weighted by Gasteiger charge is 2.23. The lowest BCUT2D eigenvalue weighted by molar-refractivity contribution is 0.0983. The standard InChI is InChI=1S/C28H24N2O2S/c1-19-10-11-20(2)26-25(19)29-28(33-26)30(18-24-9-6-16-32-24)27(31)23-14-12-22(13-15-23)17-21-7-4-3-5-8-21/h3-16H,17-18H2,1-2H3. The molecule has 5 aromatic rings. The van der Waals surface area contributed by atoms with Gasteiger partial charge in [0.05, 0.1) is 23.0 Å². The Bertz CT molecular complexity index is 1350. The van der Waals surface area contributed by atoms with Crippen LogP contribution in [0.15, 0.2) is 89.5 Å². The molecule has 4 nitrogen and oxygen atoms in total. The number of hydrogen-bond acceptors (Lipinski definition) is 4. The third-order valence-corrected chi connectivity index (χ3v) is 6.97. The average Bonchev–Trinajstić information content (AvgIpc) is 3.51. The minimum Gasteiger partial charge on any atom is -0.467 e. The summed E-state index contributed by atoms with van der Waals surface area (Å²) in [7, 11) is 0. The highest BCUT2D eigenvalue weighted by molar-refractivity contribution is 7.22. The lowest BCUT2D eigenvalue weighted by Crippen LogP contribution is -2.30. The van der Waals surface area contributed by atoms with Gasteiger partial charge in [0.1, 0.15) is 5.76 Å². The van der Waals surface area contributed by atoms with E-state index in [0.29, 0.717) is 17.2 Å². The largest absolute Gasteiger partial charge is 0.467 e. The van der Waals surface area contributed by atoms with E-state index < -0.39 is 0 Å². The number of amides is 1. The number of aryl methyl sites for hydroxylation is 2. The van der Waals surface area contributed by atoms with Gasteiger partial charge in [-0.15, -0.1) is 0 Å². The van der Waals surface area contributed by atoms with E-state index in [9.17, 15) is 4.79 Å². The number of thiazole rings is 1. The zero-order chi connectivity index (χ0) is 22.8. The van der Waals surface area contributed by atoms with Crippen LogP contribution in [0.1, 0.15) is 38.4 Å². The van der Waals surface area contributed by atoms with Gasteiger partial charge in [-0.2, -0.15) is 0 Å². The molecule has 0 radical (unpaired) electrons. The molecule has 1 amide bonds. The van der Waals surface area contributed by atoms with Crippen molar-refractivity contribution in [2.24, 2.45) is 0 Å². The lowest BCUT2D eigenvalue weighted by atomic mass is 10.0. The molecule has 2 heterocycles. The quantitative estimate of drug-likeness (QED) is 0.280. The van der Waals surface area contributed by atoms with Crippen LogP contribution in [0, 0.1) is 13.8 Å². The first-order valence-electron chi connectivity index (χ1n) is 10.9. The summed E-state index contributed by atoms with van der Waals surface area (Å²) < 4.78 is 6.67. The summed E-state index contributed by atoms with van der Waals surface area (Å²) in [5, 5.41) is 0.678. The maximum Gasteiger partial charge on any atom is 0.260 e. The van der Waals surface area contributed by atoms with Crippen molar-refractivity contribution in [3.05, 3.63) is 119 Å². The van der Waals surface area contributed by atoms with Crippen LogP contribution < -0.4 is 4.90 Å². The molecular weight excluding hydrogens is 428 g/mol. The molecule has 0 aliphatic rings. The smallest absolute Gasteiger partial charge is 0.260 e. The fourth-order valence-electron chi connectivity index (χ4n) is 3.90. The number of anilines is 1. The molecule has 0 fully saturated rings. The molecule has 164 valence electrons. The van der Waals surface area contributed by atoms with Crippen molar-refractivity contribution in [1.29, 1.82) is 0 Å². The summed E-state index contributed by atoms with van der Waals surface area (Å²) in [5.41, 5.74) is 6.26. The van der Waals surface area contributed by atoms with Gasteiger partial charge < -0.3 is 4.42 Å². The summed E-state index contributed by atoms with van der Waals surface area (Å²) >= 11 is 1.55. The number of rotatable bonds is 6. The molecule has 0 saturated carbocycles. The number of hydrogen-bond donors (Lipinski definition) is 0. The SMILES string of the molecule is Cc1ccc(C)c2sc(N(Cc3ccco3)C(=O)c3ccc(Cc4ccccc4)cc3)nc12. The van der Waals surface area contributed by atoms with E-state index in [2.05, 4.69) is 38.1 Å². The molecule has 0 N–H and O–H groups in total. The normalized spacial score (nSPS) is 11.1. The van der Waals surface area contributed by atoms with Crippen molar-refractivity contribution >= 4 is 32.6 Å². The monoisotopic (exact) mass is 452 g/mol. The predicted molar refractivity (Wildman–Crippen MR) is 134 cm³/mol. The van der Waals surface area contributed by atoms with Crippen LogP contribution in [-0.4, -0.2) is 10.9 Å². The summed E-state index contributed by atoms with van der Waals surface area (Å²) in [6.45, 7) is 4.46. The van der Waals surface area contributed by atoms with E-state index >= 15 is 0 Å². The fourth-order valence-corrected chi connectivity index (χ4v) is 5.01. The molecule has 0 saturated heterocycles. The second-order valence-corrected chi connectivity index (χ2v) is 9.18. The Labute approximate surface area is 197 Å². The summed E-state index contributed by atoms with van der Waals surface area (Å²) in [5.74, 6) is 0.628. The Morgan fingerprint density at radius 2 is 1.61 bits per heavy atom. The molecule has 2 aromatic heterocycles. The van der Waals surface area contributed by atoms with E-state index in [1.54, 1.807) is 22.5 Å². The zero-order valence-corrected chi connectivity index (χ0v) is 19.4. The third kappa shape index (κ3) is 4.45. The topological polar surface area (TPSA) is 46.3 Å². The van der Waals surface area contributed by atoms with Gasteiger partial charge in [-0.1, -0.05) is 65.9 Å². The summed E-state index contributed by atoms with van der Waals surface area (Å²) in [6, 6.07) is 26.1. The number of nitrogens with zero attached hydrogens (tertiary/aromatic N) is 2. The first-order chi connectivity index (χ1) is 16.1. The van der Waals surface area contributed by atoms with E-state index in [0.717, 1.165) is 33.5 Å². The highest BCUT2D eigenvalue weighted by atomic mass is 32.1. The van der Waals surface area contributed by atoms with Gasteiger partial charge in [0.2, 0.25) is 0 Å². The molecule has 5 heteroatoms. The van der Waals surface area contributed by atoms with Gasteiger partial charge in [-0.05, 0) is 66.8 Å². The van der Waals surface area contributed by atoms with Crippen molar-refractivity contribution in [2.75, 3.05) is 4.90 Å². The van der Waals surface area contributed by atoms with Crippen molar-refractivity contribution in [1.82, 2.24) is 4.98 Å². The van der Waals surface area contributed by atoms with Crippen molar-refractivity contribution in [3.8, 4) is 0 Å². The molecule has 33 heavy (non-hydrogen) atoms. The van der Waals surface area contributed by atoms with Gasteiger partial charge in [0.25, 0.3) is 5.91 Å². The second kappa shape index (κ2) is 9.04. The molecule has 0 atom stereocenters. The average molecular weight is 453 g/mol. The predicted octanol–water partition coefficient (Wildman–Crippen LogP) is 6.94. The Kier molecular flexibility index (Phi) is 5.80. The maximum absolute atomic E-state index is 13.6. The van der Waals surface area contributed by atoms with E-state index in [1.807, 2.05) is 54.6 Å². The maximum atomic E-state index is 13.6. The van der Waals surface area contributed by atoms with Crippen LogP contribution in [0.2, 0.25) is 0 Å². The van der Waals surface area contributed by atoms with Gasteiger partial charge in [0.15, 0.2) is 5.13 Å². The van der Waals surface area contributed by atoms with Crippen LogP contribution >= 0.6 is 11.3 Å². The third-order valence-electron chi connectivity index (χ3n) is 5.75. The first kappa shape index (κ1) is 21.2. The Morgan fingerprint density at radius 3 is 2.30 bits per heavy atom. The molecule has 5 rings (SSSR count). The van der Waals surface area contributed by atoms with E-state index in [-0.39, 0.29) is 5.91 Å². The molecule has 0 aliphatic heterocycles. The second-order valence-electron chi connectivity index (χ2n) is 8.20. The molecule has 0 spiro atoms. The molecule has 0 bridgehead atoms. The van der Waals surface area contributed by atoms with Gasteiger partial charge in [0, 0.05) is 5.56 Å². The molecular formula is C28H24N2O2S. The minimum atomic E-state index is -0.0907. The lowest BCUT2D eigenvalue weighted by Gasteiger charge is -2.19. The highest BCUT2D eigenvalue weighted by Crippen LogP contribution is 2.34. The Morgan fingerprint density at radius 1 is 0.879 bits per heavy atom. The van der Waals surface area contributed by atoms with Gasteiger partial charge in [-0.25, -0.2) is 4.98 Å². The zero-order valence-electron chi connectivity index (χ0n) is 18.6. The molecule has 3 aromatic carbocycles. The molecule has 0 aliphatic carbocycles. The Hall–Kier alpha value is -3.70. The number of fused-ring (bicyclic) bond motifs is 1. The van der Waals surface area contributed by atoms with E-state index in [1.165, 1.54) is 11.1 Å². The number of aromatic nitrogens is 1. The minimum absolute atomic E-state index is 0.0907. The number of furan rings is 1. The first-order valence-corrected chi connectivity index (χ1v) is 11.7. The van der Waals surface area contributed by atoms with Crippen LogP contribution in [0.25, 0.3) is 10.2 Å². The van der Waals surface area contributed by atoms with E-state index in [4.69, 9.17) is 9.40 Å². The van der Waals surface area contributed by atoms with Crippen LogP contribution in [-0.2, 0) is 13.0 Å². The fraction of sp³-hybridized carbons (Fsp3) is 0.143. The number of carbonyl (C=O) groups excluding carboxylic acids is 1. The van der Waals surface area contributed by atoms with Gasteiger partial charge in [-0.3, -0.25) is 9.69 Å². The number of benzene rings is 3. The van der Waals surface area contributed by atoms with Gasteiger partial charge >= 0.3 is 0 Å². The molecule has 0 unspecified atom stereocenters. The van der Waals surface area contributed by atoms with Crippen molar-refractivity contribution in [2.45, 2.75) is 26.8 Å². The van der Waals surface area contributed by atoms with Crippen LogP contribution in [0.5, 0.6) is 0 Å². The summed E-state index contributed by atoms with van der Waals surface area (Å²) in [6.07, 6.45) is 2.46. The van der Waals surface area contributed by atoms with Crippen LogP contribution in [0.4, 0.5) is 5.13 Å². The summed E-state index contributed by atoms with van der Waals surface area (Å²) in [4.78, 5) is 20.2. The van der Waals surface area contributed by atoms with Crippen LogP contribution in [0.3, 0.4) is 0 Å². The number of carbonyl (C=O) groups is 1.